The molecule has 0 unspecified atom stereocenters. The SMILES string of the molecule is c1ccc(-c2cccc(-c3ccc(N(c4ccc5ccccc5c4)c4ccccc4-c4cccc5c4oc4cc6ccccc6cc45)cc3)c2)cc1. The van der Waals surface area contributed by atoms with E-state index in [9.17, 15) is 0 Å². The number of nitrogens with zero attached hydrogens (tertiary/aromatic N) is 1. The minimum absolute atomic E-state index is 0.896. The maximum absolute atomic E-state index is 6.74. The smallest absolute Gasteiger partial charge is 0.143 e. The van der Waals surface area contributed by atoms with Crippen molar-refractivity contribution >= 4 is 60.5 Å². The number of rotatable bonds is 6. The number of hydrogen-bond donors (Lipinski definition) is 0. The van der Waals surface area contributed by atoms with Gasteiger partial charge in [0.1, 0.15) is 11.2 Å². The molecule has 0 fully saturated rings. The van der Waals surface area contributed by atoms with Gasteiger partial charge in [-0.3, -0.25) is 0 Å². The van der Waals surface area contributed by atoms with Crippen LogP contribution in [0.2, 0.25) is 0 Å². The fourth-order valence-corrected chi connectivity index (χ4v) is 7.65. The molecule has 0 spiro atoms. The molecule has 0 bridgehead atoms. The predicted octanol–water partition coefficient (Wildman–Crippen LogP) is 14.4. The maximum atomic E-state index is 6.74. The third-order valence-electron chi connectivity index (χ3n) is 10.2. The van der Waals surface area contributed by atoms with Crippen molar-refractivity contribution in [2.75, 3.05) is 4.90 Å². The van der Waals surface area contributed by atoms with Crippen molar-refractivity contribution in [1.29, 1.82) is 0 Å². The highest BCUT2D eigenvalue weighted by molar-refractivity contribution is 6.14. The molecular formula is C50H33NO. The van der Waals surface area contributed by atoms with Crippen LogP contribution in [0.3, 0.4) is 0 Å². The summed E-state index contributed by atoms with van der Waals surface area (Å²) in [5.41, 5.74) is 12.0. The zero-order valence-corrected chi connectivity index (χ0v) is 28.4. The summed E-state index contributed by atoms with van der Waals surface area (Å²) >= 11 is 0. The van der Waals surface area contributed by atoms with E-state index >= 15 is 0 Å². The second-order valence-electron chi connectivity index (χ2n) is 13.4. The summed E-state index contributed by atoms with van der Waals surface area (Å²) in [7, 11) is 0. The van der Waals surface area contributed by atoms with Crippen molar-refractivity contribution in [3.05, 3.63) is 200 Å². The Labute approximate surface area is 302 Å². The second-order valence-corrected chi connectivity index (χ2v) is 13.4. The molecule has 52 heavy (non-hydrogen) atoms. The topological polar surface area (TPSA) is 16.4 Å². The van der Waals surface area contributed by atoms with Crippen LogP contribution in [0.15, 0.2) is 205 Å². The minimum atomic E-state index is 0.896. The highest BCUT2D eigenvalue weighted by atomic mass is 16.3. The lowest BCUT2D eigenvalue weighted by atomic mass is 9.97. The van der Waals surface area contributed by atoms with E-state index in [2.05, 4.69) is 205 Å². The van der Waals surface area contributed by atoms with E-state index in [-0.39, 0.29) is 0 Å². The monoisotopic (exact) mass is 663 g/mol. The fourth-order valence-electron chi connectivity index (χ4n) is 7.65. The molecule has 244 valence electrons. The molecule has 2 nitrogen and oxygen atoms in total. The lowest BCUT2D eigenvalue weighted by Gasteiger charge is -2.28. The van der Waals surface area contributed by atoms with Crippen molar-refractivity contribution in [3.8, 4) is 33.4 Å². The van der Waals surface area contributed by atoms with Gasteiger partial charge in [-0.2, -0.15) is 0 Å². The van der Waals surface area contributed by atoms with Gasteiger partial charge in [-0.15, -0.1) is 0 Å². The first-order valence-corrected chi connectivity index (χ1v) is 17.8. The van der Waals surface area contributed by atoms with Gasteiger partial charge in [0.2, 0.25) is 0 Å². The Morgan fingerprint density at radius 1 is 0.327 bits per heavy atom. The molecule has 9 aromatic carbocycles. The average Bonchev–Trinajstić information content (AvgIpc) is 3.58. The molecule has 0 radical (unpaired) electrons. The zero-order chi connectivity index (χ0) is 34.4. The first kappa shape index (κ1) is 30.0. The number of furan rings is 1. The van der Waals surface area contributed by atoms with Gasteiger partial charge >= 0.3 is 0 Å². The first-order valence-electron chi connectivity index (χ1n) is 17.8. The Morgan fingerprint density at radius 3 is 1.69 bits per heavy atom. The Hall–Kier alpha value is -6.90. The summed E-state index contributed by atoms with van der Waals surface area (Å²) in [6.07, 6.45) is 0. The number of para-hydroxylation sites is 2. The van der Waals surface area contributed by atoms with Gasteiger partial charge in [0, 0.05) is 33.3 Å². The Kier molecular flexibility index (Phi) is 7.18. The first-order chi connectivity index (χ1) is 25.8. The van der Waals surface area contributed by atoms with Crippen LogP contribution >= 0.6 is 0 Å². The van der Waals surface area contributed by atoms with Crippen molar-refractivity contribution in [2.45, 2.75) is 0 Å². The molecule has 1 heterocycles. The maximum Gasteiger partial charge on any atom is 0.143 e. The second kappa shape index (κ2) is 12.5. The third kappa shape index (κ3) is 5.21. The van der Waals surface area contributed by atoms with Crippen molar-refractivity contribution in [2.24, 2.45) is 0 Å². The van der Waals surface area contributed by atoms with Crippen molar-refractivity contribution < 1.29 is 4.42 Å². The Bertz CT molecular complexity index is 2900. The Morgan fingerprint density at radius 2 is 0.904 bits per heavy atom. The minimum Gasteiger partial charge on any atom is -0.455 e. The van der Waals surface area contributed by atoms with Gasteiger partial charge in [-0.25, -0.2) is 0 Å². The number of benzene rings is 9. The predicted molar refractivity (Wildman–Crippen MR) is 220 cm³/mol. The quantitative estimate of drug-likeness (QED) is 0.176. The number of hydrogen-bond acceptors (Lipinski definition) is 2. The normalized spacial score (nSPS) is 11.5. The highest BCUT2D eigenvalue weighted by Crippen LogP contribution is 2.45. The number of fused-ring (bicyclic) bond motifs is 5. The summed E-state index contributed by atoms with van der Waals surface area (Å²) in [6.45, 7) is 0. The van der Waals surface area contributed by atoms with E-state index in [1.54, 1.807) is 0 Å². The molecular weight excluding hydrogens is 631 g/mol. The summed E-state index contributed by atoms with van der Waals surface area (Å²) < 4.78 is 6.74. The summed E-state index contributed by atoms with van der Waals surface area (Å²) in [6, 6.07) is 71.7. The van der Waals surface area contributed by atoms with Crippen LogP contribution < -0.4 is 4.90 Å². The lowest BCUT2D eigenvalue weighted by molar-refractivity contribution is 0.670. The van der Waals surface area contributed by atoms with Crippen LogP contribution in [0.5, 0.6) is 0 Å². The molecule has 10 rings (SSSR count). The molecule has 1 aromatic heterocycles. The van der Waals surface area contributed by atoms with Gasteiger partial charge in [-0.05, 0) is 92.3 Å². The van der Waals surface area contributed by atoms with Gasteiger partial charge in [0.05, 0.1) is 5.69 Å². The van der Waals surface area contributed by atoms with E-state index in [4.69, 9.17) is 4.42 Å². The van der Waals surface area contributed by atoms with Crippen LogP contribution in [-0.2, 0) is 0 Å². The summed E-state index contributed by atoms with van der Waals surface area (Å²) in [5.74, 6) is 0. The third-order valence-corrected chi connectivity index (χ3v) is 10.2. The van der Waals surface area contributed by atoms with Crippen LogP contribution in [0.4, 0.5) is 17.1 Å². The molecule has 0 aliphatic heterocycles. The van der Waals surface area contributed by atoms with Crippen LogP contribution in [0.25, 0.3) is 76.9 Å². The average molecular weight is 664 g/mol. The van der Waals surface area contributed by atoms with E-state index in [1.807, 2.05) is 0 Å². The largest absolute Gasteiger partial charge is 0.455 e. The molecule has 0 aliphatic carbocycles. The van der Waals surface area contributed by atoms with Crippen LogP contribution in [0.1, 0.15) is 0 Å². The zero-order valence-electron chi connectivity index (χ0n) is 28.4. The summed E-state index contributed by atoms with van der Waals surface area (Å²) in [4.78, 5) is 2.38. The molecule has 2 heteroatoms. The van der Waals surface area contributed by atoms with Crippen LogP contribution in [-0.4, -0.2) is 0 Å². The Balaban J connectivity index is 1.13. The molecule has 0 saturated heterocycles. The molecule has 0 aliphatic rings. The molecule has 0 saturated carbocycles. The molecule has 0 N–H and O–H groups in total. The van der Waals surface area contributed by atoms with Gasteiger partial charge < -0.3 is 9.32 Å². The van der Waals surface area contributed by atoms with E-state index < -0.39 is 0 Å². The van der Waals surface area contributed by atoms with Gasteiger partial charge in [0.25, 0.3) is 0 Å². The fraction of sp³-hybridized carbons (Fsp3) is 0. The lowest BCUT2D eigenvalue weighted by Crippen LogP contribution is -2.11. The van der Waals surface area contributed by atoms with E-state index in [0.717, 1.165) is 50.1 Å². The molecule has 10 aromatic rings. The number of anilines is 3. The van der Waals surface area contributed by atoms with Crippen molar-refractivity contribution in [1.82, 2.24) is 0 Å². The summed E-state index contributed by atoms with van der Waals surface area (Å²) in [5, 5.41) is 7.05. The van der Waals surface area contributed by atoms with E-state index in [1.165, 1.54) is 43.8 Å². The van der Waals surface area contributed by atoms with Gasteiger partial charge in [0.15, 0.2) is 0 Å². The molecule has 0 amide bonds. The highest BCUT2D eigenvalue weighted by Gasteiger charge is 2.21. The van der Waals surface area contributed by atoms with E-state index in [0.29, 0.717) is 0 Å². The van der Waals surface area contributed by atoms with Crippen LogP contribution in [0, 0.1) is 0 Å². The van der Waals surface area contributed by atoms with Crippen molar-refractivity contribution in [3.63, 3.8) is 0 Å². The molecule has 0 atom stereocenters. The van der Waals surface area contributed by atoms with Gasteiger partial charge in [-0.1, -0.05) is 152 Å². The standard InChI is InChI=1S/C50H33NO/c1-2-12-34(13-3-1)37-18-10-19-38(30-37)36-24-27-42(28-25-36)51(43-29-26-35-14-4-5-15-39(35)31-43)48-23-9-8-20-44(48)45-21-11-22-46-47-32-40-16-6-7-17-41(40)33-49(47)52-50(45)46/h1-33H.